The molecule has 1 aromatic heterocycles. The fourth-order valence-corrected chi connectivity index (χ4v) is 2.19. The van der Waals surface area contributed by atoms with Gasteiger partial charge in [0.1, 0.15) is 7.27 Å². The fraction of sp³-hybridized carbons (Fsp3) is 0.571. The van der Waals surface area contributed by atoms with Crippen LogP contribution in [-0.2, 0) is 5.54 Å². The van der Waals surface area contributed by atoms with E-state index in [9.17, 15) is 4.39 Å². The molecule has 0 aliphatic carbocycles. The molecule has 0 N–H and O–H groups in total. The first-order valence-electron chi connectivity index (χ1n) is 3.44. The fourth-order valence-electron chi connectivity index (χ4n) is 0.798. The third-order valence-electron chi connectivity index (χ3n) is 1.37. The number of aromatic nitrogens is 2. The summed E-state index contributed by atoms with van der Waals surface area (Å²) in [5.41, 5.74) is -0.152. The van der Waals surface area contributed by atoms with E-state index in [-0.39, 0.29) is 11.5 Å². The van der Waals surface area contributed by atoms with Crippen LogP contribution in [-0.4, -0.2) is 9.78 Å². The second-order valence-corrected chi connectivity index (χ2v) is 5.58. The van der Waals surface area contributed by atoms with Crippen LogP contribution in [0, 0.1) is 13.2 Å². The van der Waals surface area contributed by atoms with Gasteiger partial charge in [-0.1, -0.05) is 0 Å². The molecule has 0 bridgehead atoms. The quantitative estimate of drug-likeness (QED) is 0.619. The smallest absolute Gasteiger partial charge is 0.247 e. The SMILES string of the molecule is CC(C)(C)n1nc(F)c(I)c1I. The molecular formula is C7H9FI2N2. The standard InChI is InChI=1S/C7H9FI2N2/c1-7(2,3)12-6(10)4(9)5(8)11-12/h1-3H3. The van der Waals surface area contributed by atoms with E-state index in [1.54, 1.807) is 4.68 Å². The number of hydrogen-bond acceptors (Lipinski definition) is 1. The molecule has 0 aromatic carbocycles. The Morgan fingerprint density at radius 1 is 1.33 bits per heavy atom. The first-order chi connectivity index (χ1) is 5.34. The Labute approximate surface area is 98.2 Å². The molecule has 0 fully saturated rings. The number of halogens is 3. The van der Waals surface area contributed by atoms with E-state index in [1.807, 2.05) is 43.4 Å². The minimum absolute atomic E-state index is 0.152. The summed E-state index contributed by atoms with van der Waals surface area (Å²) in [6.07, 6.45) is 0. The summed E-state index contributed by atoms with van der Waals surface area (Å²) in [5.74, 6) is -0.380. The Bertz CT molecular complexity index is 301. The second kappa shape index (κ2) is 3.39. The van der Waals surface area contributed by atoms with Crippen molar-refractivity contribution in [2.24, 2.45) is 0 Å². The predicted octanol–water partition coefficient (Wildman–Crippen LogP) is 2.99. The van der Waals surface area contributed by atoms with Crippen molar-refractivity contribution < 1.29 is 4.39 Å². The lowest BCUT2D eigenvalue weighted by Gasteiger charge is -2.20. The van der Waals surface area contributed by atoms with E-state index >= 15 is 0 Å². The molecule has 1 heterocycles. The predicted molar refractivity (Wildman–Crippen MR) is 62.6 cm³/mol. The van der Waals surface area contributed by atoms with E-state index in [1.165, 1.54) is 0 Å². The maximum absolute atomic E-state index is 13.0. The molecule has 1 rings (SSSR count). The van der Waals surface area contributed by atoms with Crippen LogP contribution >= 0.6 is 45.2 Å². The first kappa shape index (κ1) is 10.7. The Morgan fingerprint density at radius 3 is 2.00 bits per heavy atom. The summed E-state index contributed by atoms with van der Waals surface area (Å²) >= 11 is 4.07. The average Bonchev–Trinajstić information content (AvgIpc) is 2.15. The monoisotopic (exact) mass is 394 g/mol. The van der Waals surface area contributed by atoms with Crippen LogP contribution in [0.4, 0.5) is 4.39 Å². The molecular weight excluding hydrogens is 385 g/mol. The molecule has 0 aliphatic heterocycles. The number of nitrogens with zero attached hydrogens (tertiary/aromatic N) is 2. The van der Waals surface area contributed by atoms with Crippen molar-refractivity contribution >= 4 is 45.2 Å². The molecule has 2 nitrogen and oxygen atoms in total. The van der Waals surface area contributed by atoms with Crippen LogP contribution < -0.4 is 0 Å². The average molecular weight is 394 g/mol. The molecule has 5 heteroatoms. The molecule has 0 amide bonds. The molecule has 12 heavy (non-hydrogen) atoms. The normalized spacial score (nSPS) is 12.2. The topological polar surface area (TPSA) is 17.8 Å². The molecule has 68 valence electrons. The minimum atomic E-state index is -0.380. The van der Waals surface area contributed by atoms with Crippen LogP contribution in [0.15, 0.2) is 0 Å². The lowest BCUT2D eigenvalue weighted by atomic mass is 10.1. The van der Waals surface area contributed by atoms with E-state index in [0.29, 0.717) is 3.57 Å². The zero-order chi connectivity index (χ0) is 9.52. The number of rotatable bonds is 0. The van der Waals surface area contributed by atoms with E-state index in [2.05, 4.69) is 27.7 Å². The Balaban J connectivity index is 3.28. The highest BCUT2D eigenvalue weighted by atomic mass is 127. The highest BCUT2D eigenvalue weighted by molar-refractivity contribution is 14.1. The summed E-state index contributed by atoms with van der Waals surface area (Å²) in [4.78, 5) is 0. The van der Waals surface area contributed by atoms with Gasteiger partial charge in [-0.3, -0.25) is 4.68 Å². The third kappa shape index (κ3) is 1.91. The van der Waals surface area contributed by atoms with Gasteiger partial charge in [-0.25, -0.2) is 0 Å². The molecule has 0 aliphatic rings. The Kier molecular flexibility index (Phi) is 3.02. The van der Waals surface area contributed by atoms with Crippen molar-refractivity contribution in [2.75, 3.05) is 0 Å². The third-order valence-corrected chi connectivity index (χ3v) is 4.36. The van der Waals surface area contributed by atoms with Crippen molar-refractivity contribution in [3.8, 4) is 0 Å². The number of hydrogen-bond donors (Lipinski definition) is 0. The van der Waals surface area contributed by atoms with Gasteiger partial charge in [0.2, 0.25) is 5.95 Å². The summed E-state index contributed by atoms with van der Waals surface area (Å²) < 4.78 is 16.1. The van der Waals surface area contributed by atoms with E-state index in [4.69, 9.17) is 0 Å². The van der Waals surface area contributed by atoms with Gasteiger partial charge in [0, 0.05) is 0 Å². The van der Waals surface area contributed by atoms with E-state index < -0.39 is 0 Å². The van der Waals surface area contributed by atoms with Gasteiger partial charge in [-0.15, -0.1) is 5.10 Å². The molecule has 0 spiro atoms. The van der Waals surface area contributed by atoms with Crippen molar-refractivity contribution in [2.45, 2.75) is 26.3 Å². The summed E-state index contributed by atoms with van der Waals surface area (Å²) in [6.45, 7) is 5.99. The molecule has 0 saturated heterocycles. The lowest BCUT2D eigenvalue weighted by molar-refractivity contribution is 0.335. The first-order valence-corrected chi connectivity index (χ1v) is 5.60. The molecule has 1 aromatic rings. The summed E-state index contributed by atoms with van der Waals surface area (Å²) in [6, 6.07) is 0. The van der Waals surface area contributed by atoms with Crippen LogP contribution in [0.2, 0.25) is 0 Å². The Hall–Kier alpha value is 0.600. The molecule has 0 radical (unpaired) electrons. The molecule has 0 unspecified atom stereocenters. The van der Waals surface area contributed by atoms with Gasteiger partial charge in [-0.05, 0) is 66.0 Å². The second-order valence-electron chi connectivity index (χ2n) is 3.48. The molecule has 0 saturated carbocycles. The minimum Gasteiger partial charge on any atom is -0.250 e. The van der Waals surface area contributed by atoms with Gasteiger partial charge in [0.15, 0.2) is 0 Å². The zero-order valence-corrected chi connectivity index (χ0v) is 11.3. The van der Waals surface area contributed by atoms with Crippen molar-refractivity contribution in [3.05, 3.63) is 13.2 Å². The van der Waals surface area contributed by atoms with Gasteiger partial charge in [0.05, 0.1) is 5.54 Å². The van der Waals surface area contributed by atoms with Crippen molar-refractivity contribution in [1.29, 1.82) is 0 Å². The lowest BCUT2D eigenvalue weighted by Crippen LogP contribution is -2.24. The van der Waals surface area contributed by atoms with Gasteiger partial charge in [0.25, 0.3) is 0 Å². The van der Waals surface area contributed by atoms with Gasteiger partial charge < -0.3 is 0 Å². The van der Waals surface area contributed by atoms with Crippen molar-refractivity contribution in [3.63, 3.8) is 0 Å². The maximum Gasteiger partial charge on any atom is 0.247 e. The highest BCUT2D eigenvalue weighted by Crippen LogP contribution is 2.23. The van der Waals surface area contributed by atoms with Gasteiger partial charge >= 0.3 is 0 Å². The zero-order valence-electron chi connectivity index (χ0n) is 7.03. The van der Waals surface area contributed by atoms with Crippen LogP contribution in [0.1, 0.15) is 20.8 Å². The largest absolute Gasteiger partial charge is 0.250 e. The van der Waals surface area contributed by atoms with E-state index in [0.717, 1.165) is 3.70 Å². The van der Waals surface area contributed by atoms with Crippen LogP contribution in [0.3, 0.4) is 0 Å². The van der Waals surface area contributed by atoms with Crippen molar-refractivity contribution in [1.82, 2.24) is 9.78 Å². The van der Waals surface area contributed by atoms with Gasteiger partial charge in [-0.2, -0.15) is 4.39 Å². The summed E-state index contributed by atoms with van der Waals surface area (Å²) in [5, 5.41) is 3.82. The maximum atomic E-state index is 13.0. The highest BCUT2D eigenvalue weighted by Gasteiger charge is 2.21. The van der Waals surface area contributed by atoms with Crippen LogP contribution in [0.25, 0.3) is 0 Å². The Morgan fingerprint density at radius 2 is 1.83 bits per heavy atom. The van der Waals surface area contributed by atoms with Crippen LogP contribution in [0.5, 0.6) is 0 Å². The summed E-state index contributed by atoms with van der Waals surface area (Å²) in [7, 11) is 0. The molecule has 0 atom stereocenters.